The van der Waals surface area contributed by atoms with Gasteiger partial charge in [0.2, 0.25) is 0 Å². The molecule has 5 nitrogen and oxygen atoms in total. The van der Waals surface area contributed by atoms with Gasteiger partial charge in [0.15, 0.2) is 0 Å². The minimum Gasteiger partial charge on any atom is -0.480 e. The van der Waals surface area contributed by atoms with E-state index in [0.29, 0.717) is 5.69 Å². The Labute approximate surface area is 110 Å². The molecule has 0 spiro atoms. The average Bonchev–Trinajstić information content (AvgIpc) is 2.63. The Kier molecular flexibility index (Phi) is 4.30. The molecule has 1 aromatic heterocycles. The van der Waals surface area contributed by atoms with Crippen molar-refractivity contribution < 1.29 is 14.7 Å². The third-order valence-corrected chi connectivity index (χ3v) is 3.91. The number of thioether (sulfide) groups is 1. The maximum atomic E-state index is 12.3. The predicted molar refractivity (Wildman–Crippen MR) is 69.9 cm³/mol. The van der Waals surface area contributed by atoms with Gasteiger partial charge in [-0.05, 0) is 24.3 Å². The van der Waals surface area contributed by atoms with Crippen molar-refractivity contribution in [1.82, 2.24) is 9.47 Å². The molecule has 0 radical (unpaired) electrons. The van der Waals surface area contributed by atoms with E-state index in [1.807, 2.05) is 16.7 Å². The molecule has 98 valence electrons. The highest BCUT2D eigenvalue weighted by Crippen LogP contribution is 2.13. The summed E-state index contributed by atoms with van der Waals surface area (Å²) in [5, 5.41) is 8.80. The highest BCUT2D eigenvalue weighted by molar-refractivity contribution is 7.99. The van der Waals surface area contributed by atoms with Crippen LogP contribution in [0.4, 0.5) is 0 Å². The number of carboxylic acid groups (broad SMARTS) is 1. The molecular weight excluding hydrogens is 252 g/mol. The maximum absolute atomic E-state index is 12.3. The molecule has 0 bridgehead atoms. The molecule has 18 heavy (non-hydrogen) atoms. The van der Waals surface area contributed by atoms with Crippen LogP contribution in [0.15, 0.2) is 18.3 Å². The van der Waals surface area contributed by atoms with Crippen LogP contribution in [0, 0.1) is 0 Å². The SMILES string of the molecule is O=C(O)Cn1cccc1C(=O)N1CCCSCC1. The Hall–Kier alpha value is -1.43. The Bertz CT molecular complexity index is 436. The smallest absolute Gasteiger partial charge is 0.323 e. The number of carbonyl (C=O) groups excluding carboxylic acids is 1. The fourth-order valence-electron chi connectivity index (χ4n) is 2.00. The quantitative estimate of drug-likeness (QED) is 0.893. The molecule has 1 N–H and O–H groups in total. The second-order valence-electron chi connectivity index (χ2n) is 4.17. The first-order valence-corrected chi connectivity index (χ1v) is 7.08. The predicted octanol–water partition coefficient (Wildman–Crippen LogP) is 1.15. The second-order valence-corrected chi connectivity index (χ2v) is 5.40. The van der Waals surface area contributed by atoms with Crippen LogP contribution in [0.25, 0.3) is 0 Å². The lowest BCUT2D eigenvalue weighted by Crippen LogP contribution is -2.34. The van der Waals surface area contributed by atoms with Crippen LogP contribution in [0.2, 0.25) is 0 Å². The van der Waals surface area contributed by atoms with Gasteiger partial charge in [-0.2, -0.15) is 11.8 Å². The molecule has 2 heterocycles. The average molecular weight is 268 g/mol. The minimum absolute atomic E-state index is 0.0660. The Balaban J connectivity index is 2.12. The summed E-state index contributed by atoms with van der Waals surface area (Å²) in [5.41, 5.74) is 0.462. The zero-order chi connectivity index (χ0) is 13.0. The number of hydrogen-bond acceptors (Lipinski definition) is 3. The molecule has 1 fully saturated rings. The number of carbonyl (C=O) groups is 2. The van der Waals surface area contributed by atoms with E-state index in [1.54, 1.807) is 18.3 Å². The largest absolute Gasteiger partial charge is 0.480 e. The first-order valence-electron chi connectivity index (χ1n) is 5.92. The van der Waals surface area contributed by atoms with Crippen LogP contribution in [0.1, 0.15) is 16.9 Å². The molecule has 1 aliphatic heterocycles. The van der Waals surface area contributed by atoms with Gasteiger partial charge < -0.3 is 14.6 Å². The highest BCUT2D eigenvalue weighted by Gasteiger charge is 2.20. The number of rotatable bonds is 3. The fraction of sp³-hybridized carbons (Fsp3) is 0.500. The molecule has 6 heteroatoms. The molecule has 1 aromatic rings. The summed E-state index contributed by atoms with van der Waals surface area (Å²) in [6.45, 7) is 1.32. The number of carboxylic acids is 1. The highest BCUT2D eigenvalue weighted by atomic mass is 32.2. The van der Waals surface area contributed by atoms with Crippen molar-refractivity contribution in [3.63, 3.8) is 0 Å². The van der Waals surface area contributed by atoms with Crippen molar-refractivity contribution in [3.8, 4) is 0 Å². The first-order chi connectivity index (χ1) is 8.68. The third-order valence-electron chi connectivity index (χ3n) is 2.86. The molecule has 0 atom stereocenters. The normalized spacial score (nSPS) is 16.3. The molecule has 0 saturated carbocycles. The van der Waals surface area contributed by atoms with E-state index in [-0.39, 0.29) is 12.5 Å². The topological polar surface area (TPSA) is 62.5 Å². The lowest BCUT2D eigenvalue weighted by molar-refractivity contribution is -0.137. The van der Waals surface area contributed by atoms with Crippen LogP contribution < -0.4 is 0 Å². The van der Waals surface area contributed by atoms with Crippen LogP contribution in [-0.4, -0.2) is 51.0 Å². The van der Waals surface area contributed by atoms with Gasteiger partial charge in [-0.3, -0.25) is 9.59 Å². The van der Waals surface area contributed by atoms with Gasteiger partial charge in [0, 0.05) is 25.0 Å². The molecule has 0 aliphatic carbocycles. The first kappa shape index (κ1) is 13.0. The van der Waals surface area contributed by atoms with Crippen LogP contribution >= 0.6 is 11.8 Å². The Morgan fingerprint density at radius 3 is 2.94 bits per heavy atom. The van der Waals surface area contributed by atoms with Crippen molar-refractivity contribution in [2.24, 2.45) is 0 Å². The van der Waals surface area contributed by atoms with Crippen molar-refractivity contribution in [1.29, 1.82) is 0 Å². The molecule has 1 aliphatic rings. The van der Waals surface area contributed by atoms with Crippen molar-refractivity contribution in [2.45, 2.75) is 13.0 Å². The van der Waals surface area contributed by atoms with Gasteiger partial charge in [0.1, 0.15) is 12.2 Å². The van der Waals surface area contributed by atoms with Gasteiger partial charge in [0.05, 0.1) is 0 Å². The van der Waals surface area contributed by atoms with Crippen molar-refractivity contribution in [3.05, 3.63) is 24.0 Å². The number of aliphatic carboxylic acids is 1. The standard InChI is InChI=1S/C12H16N2O3S/c15-11(16)9-14-4-1-3-10(14)12(17)13-5-2-7-18-8-6-13/h1,3-4H,2,5-9H2,(H,15,16). The zero-order valence-electron chi connectivity index (χ0n) is 10.0. The van der Waals surface area contributed by atoms with E-state index >= 15 is 0 Å². The lowest BCUT2D eigenvalue weighted by atomic mass is 10.3. The second kappa shape index (κ2) is 5.95. The van der Waals surface area contributed by atoms with Gasteiger partial charge in [-0.25, -0.2) is 0 Å². The molecule has 1 saturated heterocycles. The summed E-state index contributed by atoms with van der Waals surface area (Å²) >= 11 is 1.85. The lowest BCUT2D eigenvalue weighted by Gasteiger charge is -2.20. The molecule has 2 rings (SSSR count). The molecule has 1 amide bonds. The summed E-state index contributed by atoms with van der Waals surface area (Å²) < 4.78 is 1.49. The van der Waals surface area contributed by atoms with E-state index in [0.717, 1.165) is 31.0 Å². The monoisotopic (exact) mass is 268 g/mol. The van der Waals surface area contributed by atoms with Gasteiger partial charge in [-0.1, -0.05) is 0 Å². The van der Waals surface area contributed by atoms with Crippen molar-refractivity contribution >= 4 is 23.6 Å². The van der Waals surface area contributed by atoms with Crippen LogP contribution in [0.3, 0.4) is 0 Å². The Morgan fingerprint density at radius 1 is 1.33 bits per heavy atom. The van der Waals surface area contributed by atoms with Crippen LogP contribution in [-0.2, 0) is 11.3 Å². The van der Waals surface area contributed by atoms with E-state index in [9.17, 15) is 9.59 Å². The van der Waals surface area contributed by atoms with Gasteiger partial charge in [-0.15, -0.1) is 0 Å². The summed E-state index contributed by atoms with van der Waals surface area (Å²) in [6, 6.07) is 3.39. The Morgan fingerprint density at radius 2 is 2.17 bits per heavy atom. The number of aromatic nitrogens is 1. The van der Waals surface area contributed by atoms with Gasteiger partial charge >= 0.3 is 5.97 Å². The van der Waals surface area contributed by atoms with E-state index in [1.165, 1.54) is 4.57 Å². The van der Waals surface area contributed by atoms with Crippen LogP contribution in [0.5, 0.6) is 0 Å². The van der Waals surface area contributed by atoms with E-state index < -0.39 is 5.97 Å². The summed E-state index contributed by atoms with van der Waals surface area (Å²) in [7, 11) is 0. The molecule has 0 unspecified atom stereocenters. The summed E-state index contributed by atoms with van der Waals surface area (Å²) in [5.74, 6) is 1.03. The summed E-state index contributed by atoms with van der Waals surface area (Å²) in [4.78, 5) is 24.9. The number of amides is 1. The van der Waals surface area contributed by atoms with Gasteiger partial charge in [0.25, 0.3) is 5.91 Å². The third kappa shape index (κ3) is 3.07. The molecule has 0 aromatic carbocycles. The molecular formula is C12H16N2O3S. The number of hydrogen-bond donors (Lipinski definition) is 1. The number of nitrogens with zero attached hydrogens (tertiary/aromatic N) is 2. The summed E-state index contributed by atoms with van der Waals surface area (Å²) in [6.07, 6.45) is 2.63. The fourth-order valence-corrected chi connectivity index (χ4v) is 2.89. The maximum Gasteiger partial charge on any atom is 0.323 e. The van der Waals surface area contributed by atoms with Crippen molar-refractivity contribution in [2.75, 3.05) is 24.6 Å². The minimum atomic E-state index is -0.938. The zero-order valence-corrected chi connectivity index (χ0v) is 10.9. The van der Waals surface area contributed by atoms with E-state index in [2.05, 4.69) is 0 Å². The van der Waals surface area contributed by atoms with E-state index in [4.69, 9.17) is 5.11 Å².